The highest BCUT2D eigenvalue weighted by Gasteiger charge is 2.13. The highest BCUT2D eigenvalue weighted by Crippen LogP contribution is 2.24. The zero-order chi connectivity index (χ0) is 15.5. The second-order valence-electron chi connectivity index (χ2n) is 4.45. The van der Waals surface area contributed by atoms with Gasteiger partial charge >= 0.3 is 0 Å². The van der Waals surface area contributed by atoms with Gasteiger partial charge in [0.05, 0.1) is 6.26 Å². The number of benzene rings is 1. The average Bonchev–Trinajstić information content (AvgIpc) is 3.19. The molecule has 2 heterocycles. The van der Waals surface area contributed by atoms with Crippen molar-refractivity contribution in [1.29, 1.82) is 0 Å². The van der Waals surface area contributed by atoms with Crippen LogP contribution in [-0.4, -0.2) is 16.8 Å². The summed E-state index contributed by atoms with van der Waals surface area (Å²) in [6, 6.07) is 8.11. The van der Waals surface area contributed by atoms with Crippen LogP contribution >= 0.6 is 11.3 Å². The van der Waals surface area contributed by atoms with Gasteiger partial charge in [0.1, 0.15) is 17.0 Å². The number of carbonyl (C=O) groups is 2. The number of hydrogen-bond acceptors (Lipinski definition) is 5. The number of primary amides is 1. The molecule has 1 aromatic carbocycles. The van der Waals surface area contributed by atoms with Crippen molar-refractivity contribution < 1.29 is 14.0 Å². The Bertz CT molecular complexity index is 807. The molecule has 3 aromatic rings. The van der Waals surface area contributed by atoms with Crippen molar-refractivity contribution in [2.45, 2.75) is 0 Å². The van der Waals surface area contributed by atoms with E-state index in [1.165, 1.54) is 11.3 Å². The van der Waals surface area contributed by atoms with Gasteiger partial charge in [0.2, 0.25) is 5.91 Å². The molecular weight excluding hydrogens is 302 g/mol. The summed E-state index contributed by atoms with van der Waals surface area (Å²) in [5.74, 6) is -0.833. The highest BCUT2D eigenvalue weighted by molar-refractivity contribution is 7.13. The van der Waals surface area contributed by atoms with Crippen LogP contribution in [0.3, 0.4) is 0 Å². The van der Waals surface area contributed by atoms with Crippen molar-refractivity contribution in [2.75, 3.05) is 5.32 Å². The minimum atomic E-state index is -0.512. The van der Waals surface area contributed by atoms with Gasteiger partial charge in [-0.1, -0.05) is 0 Å². The van der Waals surface area contributed by atoms with Crippen LogP contribution in [0.2, 0.25) is 0 Å². The largest absolute Gasteiger partial charge is 0.472 e. The fraction of sp³-hybridized carbons (Fsp3) is 0. The van der Waals surface area contributed by atoms with E-state index in [2.05, 4.69) is 10.3 Å². The summed E-state index contributed by atoms with van der Waals surface area (Å²) in [5.41, 5.74) is 7.26. The van der Waals surface area contributed by atoms with E-state index in [0.29, 0.717) is 22.0 Å². The van der Waals surface area contributed by atoms with E-state index in [4.69, 9.17) is 10.2 Å². The van der Waals surface area contributed by atoms with E-state index in [0.717, 1.165) is 5.56 Å². The minimum absolute atomic E-state index is 0.320. The monoisotopic (exact) mass is 313 g/mol. The predicted molar refractivity (Wildman–Crippen MR) is 82.7 cm³/mol. The lowest BCUT2D eigenvalue weighted by Crippen LogP contribution is -2.13. The van der Waals surface area contributed by atoms with Crippen molar-refractivity contribution in [1.82, 2.24) is 4.98 Å². The van der Waals surface area contributed by atoms with E-state index in [-0.39, 0.29) is 5.91 Å². The molecule has 3 rings (SSSR count). The van der Waals surface area contributed by atoms with Crippen molar-refractivity contribution in [2.24, 2.45) is 5.73 Å². The Morgan fingerprint density at radius 3 is 2.59 bits per heavy atom. The standard InChI is InChI=1S/C15H11N3O3S/c16-13(19)9-1-3-11(4-2-9)17-14(20)12-8-22-15(18-12)10-5-6-21-7-10/h1-8H,(H2,16,19)(H,17,20). The predicted octanol–water partition coefficient (Wildman–Crippen LogP) is 2.75. The molecule has 0 aliphatic carbocycles. The Kier molecular flexibility index (Phi) is 3.71. The fourth-order valence-corrected chi connectivity index (χ4v) is 2.60. The number of hydrogen-bond donors (Lipinski definition) is 2. The van der Waals surface area contributed by atoms with Crippen LogP contribution in [0.15, 0.2) is 52.7 Å². The molecule has 0 atom stereocenters. The first-order valence-corrected chi connectivity index (χ1v) is 7.21. The number of furan rings is 1. The second-order valence-corrected chi connectivity index (χ2v) is 5.30. The number of rotatable bonds is 4. The molecule has 0 aliphatic rings. The molecule has 110 valence electrons. The second kappa shape index (κ2) is 5.82. The van der Waals surface area contributed by atoms with Gasteiger partial charge in [-0.3, -0.25) is 9.59 Å². The van der Waals surface area contributed by atoms with E-state index in [9.17, 15) is 9.59 Å². The molecule has 0 saturated heterocycles. The molecule has 6 nitrogen and oxygen atoms in total. The third-order valence-corrected chi connectivity index (χ3v) is 3.82. The van der Waals surface area contributed by atoms with Crippen molar-refractivity contribution >= 4 is 28.8 Å². The molecule has 0 aliphatic heterocycles. The molecule has 7 heteroatoms. The number of nitrogens with one attached hydrogen (secondary N) is 1. The summed E-state index contributed by atoms with van der Waals surface area (Å²) in [6.45, 7) is 0. The summed E-state index contributed by atoms with van der Waals surface area (Å²) >= 11 is 1.36. The van der Waals surface area contributed by atoms with Gasteiger partial charge in [-0.15, -0.1) is 11.3 Å². The zero-order valence-corrected chi connectivity index (χ0v) is 12.1. The van der Waals surface area contributed by atoms with Gasteiger partial charge in [0.25, 0.3) is 5.91 Å². The lowest BCUT2D eigenvalue weighted by molar-refractivity contribution is 0.0998. The van der Waals surface area contributed by atoms with Crippen LogP contribution in [0.1, 0.15) is 20.8 Å². The maximum Gasteiger partial charge on any atom is 0.275 e. The Labute approximate surface area is 129 Å². The lowest BCUT2D eigenvalue weighted by Gasteiger charge is -2.03. The molecule has 0 bridgehead atoms. The number of aromatic nitrogens is 1. The molecule has 0 unspecified atom stereocenters. The first kappa shape index (κ1) is 14.0. The lowest BCUT2D eigenvalue weighted by atomic mass is 10.2. The fourth-order valence-electron chi connectivity index (χ4n) is 1.81. The van der Waals surface area contributed by atoms with E-state index < -0.39 is 5.91 Å². The number of nitrogens with zero attached hydrogens (tertiary/aromatic N) is 1. The molecule has 0 spiro atoms. The Morgan fingerprint density at radius 2 is 1.95 bits per heavy atom. The van der Waals surface area contributed by atoms with Crippen LogP contribution < -0.4 is 11.1 Å². The average molecular weight is 313 g/mol. The maximum absolute atomic E-state index is 12.1. The van der Waals surface area contributed by atoms with E-state index in [1.54, 1.807) is 48.2 Å². The summed E-state index contributed by atoms with van der Waals surface area (Å²) in [6.07, 6.45) is 3.12. The van der Waals surface area contributed by atoms with Crippen molar-refractivity contribution in [3.63, 3.8) is 0 Å². The highest BCUT2D eigenvalue weighted by atomic mass is 32.1. The Hall–Kier alpha value is -2.93. The van der Waals surface area contributed by atoms with E-state index in [1.807, 2.05) is 0 Å². The van der Waals surface area contributed by atoms with Crippen LogP contribution in [0, 0.1) is 0 Å². The topological polar surface area (TPSA) is 98.2 Å². The minimum Gasteiger partial charge on any atom is -0.472 e. The molecule has 0 saturated carbocycles. The zero-order valence-electron chi connectivity index (χ0n) is 11.3. The summed E-state index contributed by atoms with van der Waals surface area (Å²) in [5, 5.41) is 5.10. The van der Waals surface area contributed by atoms with E-state index >= 15 is 0 Å². The summed E-state index contributed by atoms with van der Waals surface area (Å²) < 4.78 is 4.99. The molecule has 2 amide bonds. The molecule has 22 heavy (non-hydrogen) atoms. The number of nitrogens with two attached hydrogens (primary N) is 1. The van der Waals surface area contributed by atoms with Crippen LogP contribution in [-0.2, 0) is 0 Å². The van der Waals surface area contributed by atoms with Crippen molar-refractivity contribution in [3.05, 3.63) is 59.5 Å². The van der Waals surface area contributed by atoms with Crippen LogP contribution in [0.25, 0.3) is 10.6 Å². The first-order chi connectivity index (χ1) is 10.6. The SMILES string of the molecule is NC(=O)c1ccc(NC(=O)c2csc(-c3ccoc3)n2)cc1. The van der Waals surface area contributed by atoms with Crippen molar-refractivity contribution in [3.8, 4) is 10.6 Å². The Balaban J connectivity index is 1.73. The molecule has 0 radical (unpaired) electrons. The van der Waals surface area contributed by atoms with Gasteiger partial charge < -0.3 is 15.5 Å². The van der Waals surface area contributed by atoms with Gasteiger partial charge in [0.15, 0.2) is 0 Å². The van der Waals surface area contributed by atoms with Gasteiger partial charge in [0, 0.05) is 22.2 Å². The smallest absolute Gasteiger partial charge is 0.275 e. The number of anilines is 1. The van der Waals surface area contributed by atoms with Crippen LogP contribution in [0.5, 0.6) is 0 Å². The maximum atomic E-state index is 12.1. The summed E-state index contributed by atoms with van der Waals surface area (Å²) in [4.78, 5) is 27.4. The number of carbonyl (C=O) groups excluding carboxylic acids is 2. The quantitative estimate of drug-likeness (QED) is 0.773. The van der Waals surface area contributed by atoms with Gasteiger partial charge in [-0.2, -0.15) is 0 Å². The van der Waals surface area contributed by atoms with Gasteiger partial charge in [-0.05, 0) is 30.3 Å². The Morgan fingerprint density at radius 1 is 1.18 bits per heavy atom. The van der Waals surface area contributed by atoms with Gasteiger partial charge in [-0.25, -0.2) is 4.98 Å². The number of amides is 2. The molecular formula is C15H11N3O3S. The first-order valence-electron chi connectivity index (χ1n) is 6.33. The number of thiazole rings is 1. The molecule has 3 N–H and O–H groups in total. The molecule has 2 aromatic heterocycles. The third-order valence-electron chi connectivity index (χ3n) is 2.93. The summed E-state index contributed by atoms with van der Waals surface area (Å²) in [7, 11) is 0. The third kappa shape index (κ3) is 2.89. The van der Waals surface area contributed by atoms with Crippen LogP contribution in [0.4, 0.5) is 5.69 Å². The normalized spacial score (nSPS) is 10.4. The molecule has 0 fully saturated rings.